The lowest BCUT2D eigenvalue weighted by molar-refractivity contribution is -0.145. The Morgan fingerprint density at radius 1 is 1.41 bits per heavy atom. The van der Waals surface area contributed by atoms with Crippen LogP contribution in [0.1, 0.15) is 18.4 Å². The fourth-order valence-corrected chi connectivity index (χ4v) is 4.98. The summed E-state index contributed by atoms with van der Waals surface area (Å²) >= 11 is 9.47. The molecule has 5 atom stereocenters. The van der Waals surface area contributed by atoms with Crippen LogP contribution in [0.4, 0.5) is 5.69 Å². The molecule has 3 fully saturated rings. The molecule has 3 aliphatic rings. The van der Waals surface area contributed by atoms with E-state index in [0.29, 0.717) is 10.7 Å². The Bertz CT molecular complexity index is 690. The van der Waals surface area contributed by atoms with E-state index in [4.69, 9.17) is 16.3 Å². The number of amides is 1. The predicted molar refractivity (Wildman–Crippen MR) is 85.6 cm³/mol. The van der Waals surface area contributed by atoms with E-state index >= 15 is 0 Å². The smallest absolute Gasteiger partial charge is 0.310 e. The lowest BCUT2D eigenvalue weighted by Crippen LogP contribution is -2.36. The summed E-state index contributed by atoms with van der Waals surface area (Å²) in [5, 5.41) is 3.51. The Balaban J connectivity index is 1.59. The number of halogens is 2. The first-order valence-corrected chi connectivity index (χ1v) is 8.60. The highest BCUT2D eigenvalue weighted by atomic mass is 79.9. The van der Waals surface area contributed by atoms with Crippen molar-refractivity contribution in [3.05, 3.63) is 27.2 Å². The quantitative estimate of drug-likeness (QED) is 0.793. The van der Waals surface area contributed by atoms with Gasteiger partial charge in [0.15, 0.2) is 0 Å². The van der Waals surface area contributed by atoms with Gasteiger partial charge in [0, 0.05) is 16.1 Å². The summed E-state index contributed by atoms with van der Waals surface area (Å²) < 4.78 is 6.18. The number of ether oxygens (including phenoxy) is 1. The Hall–Kier alpha value is -1.07. The minimum Gasteiger partial charge on any atom is -0.462 e. The zero-order valence-electron chi connectivity index (χ0n) is 11.9. The Morgan fingerprint density at radius 3 is 2.95 bits per heavy atom. The van der Waals surface area contributed by atoms with Crippen LogP contribution < -0.4 is 5.32 Å². The molecule has 0 aromatic heterocycles. The van der Waals surface area contributed by atoms with Crippen molar-refractivity contribution in [3.63, 3.8) is 0 Å². The summed E-state index contributed by atoms with van der Waals surface area (Å²) in [5.41, 5.74) is 1.63. The van der Waals surface area contributed by atoms with Gasteiger partial charge in [0.1, 0.15) is 6.10 Å². The fraction of sp³-hybridized carbons (Fsp3) is 0.500. The maximum Gasteiger partial charge on any atom is 0.310 e. The number of anilines is 1. The lowest BCUT2D eigenvalue weighted by Gasteiger charge is -2.24. The van der Waals surface area contributed by atoms with Gasteiger partial charge in [0.05, 0.1) is 16.9 Å². The van der Waals surface area contributed by atoms with Crippen LogP contribution in [0, 0.1) is 30.6 Å². The van der Waals surface area contributed by atoms with Crippen LogP contribution in [0.5, 0.6) is 0 Å². The second-order valence-corrected chi connectivity index (χ2v) is 7.75. The maximum absolute atomic E-state index is 12.7. The highest BCUT2D eigenvalue weighted by Gasteiger charge is 2.63. The summed E-state index contributed by atoms with van der Waals surface area (Å²) in [6.45, 7) is 1.91. The number of hydrogen-bond acceptors (Lipinski definition) is 3. The van der Waals surface area contributed by atoms with Crippen LogP contribution in [-0.4, -0.2) is 18.0 Å². The molecule has 2 saturated carbocycles. The molecule has 1 aliphatic heterocycles. The molecule has 0 spiro atoms. The number of esters is 1. The van der Waals surface area contributed by atoms with Crippen LogP contribution in [0.2, 0.25) is 5.02 Å². The van der Waals surface area contributed by atoms with Gasteiger partial charge in [0.25, 0.3) is 0 Å². The van der Waals surface area contributed by atoms with Crippen LogP contribution >= 0.6 is 27.5 Å². The van der Waals surface area contributed by atoms with Crippen molar-refractivity contribution >= 4 is 45.1 Å². The van der Waals surface area contributed by atoms with Crippen molar-refractivity contribution in [2.24, 2.45) is 23.7 Å². The number of nitrogens with one attached hydrogen (secondary N) is 1. The molecule has 1 aromatic rings. The summed E-state index contributed by atoms with van der Waals surface area (Å²) in [6, 6.07) is 3.61. The summed E-state index contributed by atoms with van der Waals surface area (Å²) in [7, 11) is 0. The largest absolute Gasteiger partial charge is 0.462 e. The van der Waals surface area contributed by atoms with Crippen LogP contribution in [-0.2, 0) is 14.3 Å². The summed E-state index contributed by atoms with van der Waals surface area (Å²) in [5.74, 6) is -0.300. The second kappa shape index (κ2) is 4.96. The molecule has 0 unspecified atom stereocenters. The van der Waals surface area contributed by atoms with E-state index in [9.17, 15) is 9.59 Å². The van der Waals surface area contributed by atoms with Crippen LogP contribution in [0.15, 0.2) is 16.6 Å². The molecule has 22 heavy (non-hydrogen) atoms. The van der Waals surface area contributed by atoms with E-state index < -0.39 is 0 Å². The number of hydrogen-bond donors (Lipinski definition) is 1. The SMILES string of the molecule is Cc1cc(Br)c(Cl)cc1NC(=O)[C@H]1[C@H]2C[C@@H]3[C@@H]1C(=O)O[C@@H]3C2. The zero-order chi connectivity index (χ0) is 15.6. The number of fused-ring (bicyclic) bond motifs is 1. The number of aryl methyl sites for hydroxylation is 1. The Morgan fingerprint density at radius 2 is 2.18 bits per heavy atom. The van der Waals surface area contributed by atoms with E-state index in [0.717, 1.165) is 22.9 Å². The summed E-state index contributed by atoms with van der Waals surface area (Å²) in [4.78, 5) is 24.7. The van der Waals surface area contributed by atoms with E-state index in [1.54, 1.807) is 6.07 Å². The van der Waals surface area contributed by atoms with E-state index in [1.807, 2.05) is 13.0 Å². The van der Waals surface area contributed by atoms with Gasteiger partial charge >= 0.3 is 5.97 Å². The number of carbonyl (C=O) groups is 2. The highest BCUT2D eigenvalue weighted by Crippen LogP contribution is 2.57. The van der Waals surface area contributed by atoms with Gasteiger partial charge in [-0.2, -0.15) is 0 Å². The normalized spacial score (nSPS) is 34.9. The topological polar surface area (TPSA) is 55.4 Å². The minimum atomic E-state index is -0.266. The Kier molecular flexibility index (Phi) is 3.28. The molecule has 1 heterocycles. The molecule has 6 heteroatoms. The standard InChI is InChI=1S/C16H15BrClNO3/c1-6-2-9(17)10(18)5-11(6)19-15(20)13-7-3-8-12(4-7)22-16(21)14(8)13/h2,5,7-8,12-14H,3-4H2,1H3,(H,19,20)/t7-,8-,12+,13-,14-/m0/s1. The average Bonchev–Trinajstić information content (AvgIpc) is 3.05. The van der Waals surface area contributed by atoms with Crippen LogP contribution in [0.25, 0.3) is 0 Å². The first-order valence-electron chi connectivity index (χ1n) is 7.42. The fourth-order valence-electron chi connectivity index (χ4n) is 4.36. The van der Waals surface area contributed by atoms with Crippen molar-refractivity contribution in [1.82, 2.24) is 0 Å². The third-order valence-electron chi connectivity index (χ3n) is 5.31. The van der Waals surface area contributed by atoms with Gasteiger partial charge in [-0.1, -0.05) is 11.6 Å². The predicted octanol–water partition coefficient (Wildman–Crippen LogP) is 3.55. The second-order valence-electron chi connectivity index (χ2n) is 6.49. The molecule has 0 radical (unpaired) electrons. The molecule has 2 aliphatic carbocycles. The third kappa shape index (κ3) is 2.02. The average molecular weight is 385 g/mol. The molecular formula is C16H15BrClNO3. The van der Waals surface area contributed by atoms with Gasteiger partial charge in [-0.25, -0.2) is 0 Å². The minimum absolute atomic E-state index is 0.0513. The van der Waals surface area contributed by atoms with Crippen molar-refractivity contribution < 1.29 is 14.3 Å². The third-order valence-corrected chi connectivity index (χ3v) is 6.51. The van der Waals surface area contributed by atoms with Gasteiger partial charge in [0.2, 0.25) is 5.91 Å². The number of carbonyl (C=O) groups excluding carboxylic acids is 2. The van der Waals surface area contributed by atoms with Crippen molar-refractivity contribution in [2.75, 3.05) is 5.32 Å². The molecule has 1 N–H and O–H groups in total. The molecule has 4 nitrogen and oxygen atoms in total. The molecule has 4 rings (SSSR count). The van der Waals surface area contributed by atoms with Gasteiger partial charge in [-0.15, -0.1) is 0 Å². The van der Waals surface area contributed by atoms with Crippen molar-refractivity contribution in [3.8, 4) is 0 Å². The Labute approximate surface area is 141 Å². The molecule has 1 saturated heterocycles. The molecule has 116 valence electrons. The van der Waals surface area contributed by atoms with Crippen LogP contribution in [0.3, 0.4) is 0 Å². The van der Waals surface area contributed by atoms with Gasteiger partial charge < -0.3 is 10.1 Å². The monoisotopic (exact) mass is 383 g/mol. The zero-order valence-corrected chi connectivity index (χ0v) is 14.3. The van der Waals surface area contributed by atoms with Crippen molar-refractivity contribution in [1.29, 1.82) is 0 Å². The number of benzene rings is 1. The van der Waals surface area contributed by atoms with Gasteiger partial charge in [-0.3, -0.25) is 9.59 Å². The lowest BCUT2D eigenvalue weighted by atomic mass is 9.79. The van der Waals surface area contributed by atoms with Crippen molar-refractivity contribution in [2.45, 2.75) is 25.9 Å². The van der Waals surface area contributed by atoms with E-state index in [2.05, 4.69) is 21.2 Å². The van der Waals surface area contributed by atoms with E-state index in [-0.39, 0.29) is 41.7 Å². The molecule has 1 amide bonds. The highest BCUT2D eigenvalue weighted by molar-refractivity contribution is 9.10. The first kappa shape index (κ1) is 14.5. The van der Waals surface area contributed by atoms with E-state index in [1.165, 1.54) is 0 Å². The molecular weight excluding hydrogens is 370 g/mol. The number of rotatable bonds is 2. The first-order chi connectivity index (χ1) is 10.5. The van der Waals surface area contributed by atoms with Gasteiger partial charge in [-0.05, 0) is 59.3 Å². The molecule has 1 aromatic carbocycles. The maximum atomic E-state index is 12.7. The summed E-state index contributed by atoms with van der Waals surface area (Å²) in [6.07, 6.45) is 1.81. The molecule has 2 bridgehead atoms.